The molecule has 1 aliphatic heterocycles. The van der Waals surface area contributed by atoms with E-state index in [4.69, 9.17) is 16.3 Å². The van der Waals surface area contributed by atoms with Gasteiger partial charge >= 0.3 is 0 Å². The normalized spacial score (nSPS) is 16.2. The van der Waals surface area contributed by atoms with E-state index in [2.05, 4.69) is 10.3 Å². The molecular weight excluding hydrogens is 374 g/mol. The van der Waals surface area contributed by atoms with Gasteiger partial charge in [-0.25, -0.2) is 4.98 Å². The van der Waals surface area contributed by atoms with E-state index in [0.717, 1.165) is 23.4 Å². The number of rotatable bonds is 4. The standard InChI is InChI=1S/C18H18ClN3O3S/c1-25-14-5-4-11(19)8-12(14)17(24)22-7-6-13-15(9-22)26-18(20-13)21-16(23)10-2-3-10/h4-5,8,10H,2-3,6-7,9H2,1H3,(H,20,21,23). The molecule has 8 heteroatoms. The number of methoxy groups -OCH3 is 1. The van der Waals surface area contributed by atoms with E-state index in [0.29, 0.717) is 41.0 Å². The molecule has 2 heterocycles. The van der Waals surface area contributed by atoms with Crippen LogP contribution in [-0.4, -0.2) is 35.4 Å². The van der Waals surface area contributed by atoms with Gasteiger partial charge in [0.25, 0.3) is 5.91 Å². The maximum absolute atomic E-state index is 12.9. The first-order chi connectivity index (χ1) is 12.5. The third kappa shape index (κ3) is 3.41. The number of amides is 2. The van der Waals surface area contributed by atoms with Crippen molar-refractivity contribution >= 4 is 39.9 Å². The highest BCUT2D eigenvalue weighted by Crippen LogP contribution is 2.33. The molecule has 1 fully saturated rings. The molecule has 1 saturated carbocycles. The summed E-state index contributed by atoms with van der Waals surface area (Å²) >= 11 is 7.49. The number of aromatic nitrogens is 1. The van der Waals surface area contributed by atoms with E-state index in [1.165, 1.54) is 18.4 Å². The number of hydrogen-bond donors (Lipinski definition) is 1. The van der Waals surface area contributed by atoms with Crippen LogP contribution in [0.4, 0.5) is 5.13 Å². The highest BCUT2D eigenvalue weighted by Gasteiger charge is 2.31. The van der Waals surface area contributed by atoms with Gasteiger partial charge in [-0.05, 0) is 31.0 Å². The number of thiazole rings is 1. The lowest BCUT2D eigenvalue weighted by atomic mass is 10.1. The number of nitrogens with zero attached hydrogens (tertiary/aromatic N) is 2. The molecule has 26 heavy (non-hydrogen) atoms. The molecule has 4 rings (SSSR count). The SMILES string of the molecule is COc1ccc(Cl)cc1C(=O)N1CCc2nc(NC(=O)C3CC3)sc2C1. The van der Waals surface area contributed by atoms with Crippen LogP contribution in [0.2, 0.25) is 5.02 Å². The zero-order valence-corrected chi connectivity index (χ0v) is 15.8. The van der Waals surface area contributed by atoms with E-state index in [-0.39, 0.29) is 17.7 Å². The van der Waals surface area contributed by atoms with Gasteiger partial charge in [-0.3, -0.25) is 9.59 Å². The van der Waals surface area contributed by atoms with Crippen molar-refractivity contribution < 1.29 is 14.3 Å². The zero-order valence-electron chi connectivity index (χ0n) is 14.3. The van der Waals surface area contributed by atoms with Crippen LogP contribution in [0.25, 0.3) is 0 Å². The molecule has 1 aromatic carbocycles. The van der Waals surface area contributed by atoms with Gasteiger partial charge in [0.1, 0.15) is 5.75 Å². The van der Waals surface area contributed by atoms with Gasteiger partial charge in [-0.15, -0.1) is 0 Å². The molecule has 2 aromatic rings. The quantitative estimate of drug-likeness (QED) is 0.867. The lowest BCUT2D eigenvalue weighted by Crippen LogP contribution is -2.35. The Kier molecular flexibility index (Phi) is 4.58. The van der Waals surface area contributed by atoms with E-state index in [1.54, 1.807) is 23.1 Å². The summed E-state index contributed by atoms with van der Waals surface area (Å²) in [6.45, 7) is 1.04. The molecule has 0 unspecified atom stereocenters. The Labute approximate surface area is 160 Å². The van der Waals surface area contributed by atoms with Crippen molar-refractivity contribution in [1.29, 1.82) is 0 Å². The van der Waals surface area contributed by atoms with Gasteiger partial charge in [0.15, 0.2) is 5.13 Å². The van der Waals surface area contributed by atoms with Crippen molar-refractivity contribution in [2.75, 3.05) is 19.0 Å². The summed E-state index contributed by atoms with van der Waals surface area (Å²) < 4.78 is 5.29. The van der Waals surface area contributed by atoms with E-state index >= 15 is 0 Å². The van der Waals surface area contributed by atoms with E-state index in [1.807, 2.05) is 0 Å². The monoisotopic (exact) mass is 391 g/mol. The van der Waals surface area contributed by atoms with Gasteiger partial charge < -0.3 is 15.0 Å². The van der Waals surface area contributed by atoms with Crippen LogP contribution in [-0.2, 0) is 17.8 Å². The molecule has 1 aliphatic carbocycles. The largest absolute Gasteiger partial charge is 0.496 e. The number of fused-ring (bicyclic) bond motifs is 1. The van der Waals surface area contributed by atoms with Gasteiger partial charge in [-0.1, -0.05) is 22.9 Å². The van der Waals surface area contributed by atoms with Crippen molar-refractivity contribution in [2.45, 2.75) is 25.8 Å². The maximum Gasteiger partial charge on any atom is 0.258 e. The number of nitrogens with one attached hydrogen (secondary N) is 1. The van der Waals surface area contributed by atoms with Crippen LogP contribution >= 0.6 is 22.9 Å². The summed E-state index contributed by atoms with van der Waals surface area (Å²) in [4.78, 5) is 32.1. The molecule has 2 amide bonds. The van der Waals surface area contributed by atoms with E-state index < -0.39 is 0 Å². The number of ether oxygens (including phenoxy) is 1. The second-order valence-corrected chi connectivity index (χ2v) is 7.99. The molecule has 1 N–H and O–H groups in total. The molecule has 0 saturated heterocycles. The van der Waals surface area contributed by atoms with Gasteiger partial charge in [0.2, 0.25) is 5.91 Å². The average Bonchev–Trinajstić information content (AvgIpc) is 3.41. The summed E-state index contributed by atoms with van der Waals surface area (Å²) in [7, 11) is 1.53. The first-order valence-corrected chi connectivity index (χ1v) is 9.67. The van der Waals surface area contributed by atoms with Gasteiger partial charge in [0.05, 0.1) is 24.9 Å². The second kappa shape index (κ2) is 6.89. The molecule has 0 spiro atoms. The number of carbonyl (C=O) groups excluding carboxylic acids is 2. The topological polar surface area (TPSA) is 71.5 Å². The Hall–Kier alpha value is -2.12. The van der Waals surface area contributed by atoms with Crippen LogP contribution in [0, 0.1) is 5.92 Å². The molecule has 0 bridgehead atoms. The lowest BCUT2D eigenvalue weighted by Gasteiger charge is -2.26. The average molecular weight is 392 g/mol. The predicted octanol–water partition coefficient (Wildman–Crippen LogP) is 3.35. The minimum Gasteiger partial charge on any atom is -0.496 e. The summed E-state index contributed by atoms with van der Waals surface area (Å²) in [6.07, 6.45) is 2.58. The Morgan fingerprint density at radius 3 is 2.92 bits per heavy atom. The van der Waals surface area contributed by atoms with Crippen LogP contribution in [0.1, 0.15) is 33.8 Å². The lowest BCUT2D eigenvalue weighted by molar-refractivity contribution is -0.117. The molecule has 0 radical (unpaired) electrons. The van der Waals surface area contributed by atoms with Gasteiger partial charge in [-0.2, -0.15) is 0 Å². The Bertz CT molecular complexity index is 879. The number of halogens is 1. The van der Waals surface area contributed by atoms with Gasteiger partial charge in [0, 0.05) is 28.8 Å². The van der Waals surface area contributed by atoms with Crippen LogP contribution in [0.5, 0.6) is 5.75 Å². The Balaban J connectivity index is 1.51. The molecular formula is C18H18ClN3O3S. The molecule has 1 aromatic heterocycles. The summed E-state index contributed by atoms with van der Waals surface area (Å²) in [5.41, 5.74) is 1.42. The Morgan fingerprint density at radius 2 is 2.19 bits per heavy atom. The first kappa shape index (κ1) is 17.3. The van der Waals surface area contributed by atoms with Crippen molar-refractivity contribution in [1.82, 2.24) is 9.88 Å². The molecule has 136 valence electrons. The molecule has 0 atom stereocenters. The number of carbonyl (C=O) groups is 2. The fourth-order valence-electron chi connectivity index (χ4n) is 2.99. The van der Waals surface area contributed by atoms with Crippen molar-refractivity contribution in [3.8, 4) is 5.75 Å². The summed E-state index contributed by atoms with van der Waals surface area (Å²) in [5.74, 6) is 0.579. The van der Waals surface area contributed by atoms with E-state index in [9.17, 15) is 9.59 Å². The Morgan fingerprint density at radius 1 is 1.38 bits per heavy atom. The highest BCUT2D eigenvalue weighted by molar-refractivity contribution is 7.15. The van der Waals surface area contributed by atoms with Crippen molar-refractivity contribution in [2.24, 2.45) is 5.92 Å². The van der Waals surface area contributed by atoms with Crippen LogP contribution < -0.4 is 10.1 Å². The third-order valence-electron chi connectivity index (χ3n) is 4.59. The third-order valence-corrected chi connectivity index (χ3v) is 5.82. The second-order valence-electron chi connectivity index (χ2n) is 6.47. The van der Waals surface area contributed by atoms with Crippen LogP contribution in [0.3, 0.4) is 0 Å². The minimum absolute atomic E-state index is 0.0488. The number of anilines is 1. The highest BCUT2D eigenvalue weighted by atomic mass is 35.5. The smallest absolute Gasteiger partial charge is 0.258 e. The first-order valence-electron chi connectivity index (χ1n) is 8.47. The maximum atomic E-state index is 12.9. The van der Waals surface area contributed by atoms with Crippen molar-refractivity contribution in [3.05, 3.63) is 39.4 Å². The number of benzene rings is 1. The van der Waals surface area contributed by atoms with Crippen LogP contribution in [0.15, 0.2) is 18.2 Å². The fourth-order valence-corrected chi connectivity index (χ4v) is 4.19. The minimum atomic E-state index is -0.119. The fraction of sp³-hybridized carbons (Fsp3) is 0.389. The summed E-state index contributed by atoms with van der Waals surface area (Å²) in [5, 5.41) is 4.01. The molecule has 6 nitrogen and oxygen atoms in total. The molecule has 2 aliphatic rings. The number of hydrogen-bond acceptors (Lipinski definition) is 5. The predicted molar refractivity (Wildman–Crippen MR) is 99.9 cm³/mol. The summed E-state index contributed by atoms with van der Waals surface area (Å²) in [6, 6.07) is 5.03. The zero-order chi connectivity index (χ0) is 18.3. The van der Waals surface area contributed by atoms with Crippen molar-refractivity contribution in [3.63, 3.8) is 0 Å².